The monoisotopic (exact) mass is 250 g/mol. The van der Waals surface area contributed by atoms with Gasteiger partial charge in [-0.2, -0.15) is 21.6 Å². The predicted molar refractivity (Wildman–Crippen MR) is 43.4 cm³/mol. The quantitative estimate of drug-likeness (QED) is 0.552. The van der Waals surface area contributed by atoms with Crippen molar-refractivity contribution in [1.82, 2.24) is 0 Å². The van der Waals surface area contributed by atoms with E-state index in [1.807, 2.05) is 0 Å². The molecular formula is C7H10F4O3S. The second-order valence-electron chi connectivity index (χ2n) is 3.42. The van der Waals surface area contributed by atoms with Crippen molar-refractivity contribution in [2.24, 2.45) is 5.92 Å². The number of hydrogen-bond donors (Lipinski definition) is 0. The highest BCUT2D eigenvalue weighted by Gasteiger charge is 2.53. The van der Waals surface area contributed by atoms with Gasteiger partial charge in [0.25, 0.3) is 0 Å². The lowest BCUT2D eigenvalue weighted by atomic mass is 9.98. The van der Waals surface area contributed by atoms with Gasteiger partial charge in [-0.25, -0.2) is 0 Å². The zero-order valence-corrected chi connectivity index (χ0v) is 8.44. The van der Waals surface area contributed by atoms with Crippen LogP contribution < -0.4 is 0 Å². The second kappa shape index (κ2) is 4.25. The summed E-state index contributed by atoms with van der Waals surface area (Å²) >= 11 is 0. The largest absolute Gasteiger partial charge is 0.408 e. The fourth-order valence-electron chi connectivity index (χ4n) is 1.66. The van der Waals surface area contributed by atoms with Gasteiger partial charge < -0.3 is 4.74 Å². The molecule has 3 nitrogen and oxygen atoms in total. The van der Waals surface area contributed by atoms with Gasteiger partial charge >= 0.3 is 16.4 Å². The number of alkyl halides is 3. The third kappa shape index (κ3) is 3.30. The maximum absolute atomic E-state index is 12.5. The smallest absolute Gasteiger partial charge is 0.381 e. The summed E-state index contributed by atoms with van der Waals surface area (Å²) in [5.41, 5.74) is 0. The Morgan fingerprint density at radius 1 is 1.33 bits per heavy atom. The van der Waals surface area contributed by atoms with Crippen molar-refractivity contribution in [1.29, 1.82) is 0 Å². The van der Waals surface area contributed by atoms with E-state index in [2.05, 4.69) is 0 Å². The molecular weight excluding hydrogens is 240 g/mol. The summed E-state index contributed by atoms with van der Waals surface area (Å²) in [6.07, 6.45) is -4.76. The Morgan fingerprint density at radius 3 is 2.27 bits per heavy atom. The fourth-order valence-corrected chi connectivity index (χ4v) is 2.65. The zero-order chi connectivity index (χ0) is 11.7. The maximum Gasteiger partial charge on any atom is 0.408 e. The minimum Gasteiger partial charge on any atom is -0.381 e. The molecule has 0 amide bonds. The average Bonchev–Trinajstić information content (AvgIpc) is 2.00. The summed E-state index contributed by atoms with van der Waals surface area (Å²) < 4.78 is 75.1. The van der Waals surface area contributed by atoms with Gasteiger partial charge in [-0.3, -0.25) is 0 Å². The van der Waals surface area contributed by atoms with Crippen molar-refractivity contribution in [2.45, 2.75) is 24.3 Å². The van der Waals surface area contributed by atoms with Crippen molar-refractivity contribution < 1.29 is 30.2 Å². The van der Waals surface area contributed by atoms with Crippen LogP contribution in [-0.4, -0.2) is 33.1 Å². The number of hydrogen-bond acceptors (Lipinski definition) is 3. The van der Waals surface area contributed by atoms with Gasteiger partial charge in [0.05, 0.1) is 6.61 Å². The van der Waals surface area contributed by atoms with Gasteiger partial charge in [0.15, 0.2) is 5.25 Å². The lowest BCUT2D eigenvalue weighted by Crippen LogP contribution is -2.44. The summed E-state index contributed by atoms with van der Waals surface area (Å²) in [6.45, 7) is -0.0826. The molecule has 1 saturated heterocycles. The molecule has 2 atom stereocenters. The molecule has 0 radical (unpaired) electrons. The molecule has 8 heteroatoms. The van der Waals surface area contributed by atoms with Crippen LogP contribution >= 0.6 is 0 Å². The summed E-state index contributed by atoms with van der Waals surface area (Å²) in [6, 6.07) is 0. The van der Waals surface area contributed by atoms with Crippen LogP contribution in [0.2, 0.25) is 0 Å². The van der Waals surface area contributed by atoms with E-state index in [0.717, 1.165) is 0 Å². The molecule has 1 heterocycles. The van der Waals surface area contributed by atoms with Crippen molar-refractivity contribution >= 4 is 10.2 Å². The summed E-state index contributed by atoms with van der Waals surface area (Å²) in [5.74, 6) is -1.34. The Morgan fingerprint density at radius 2 is 1.93 bits per heavy atom. The molecule has 0 aromatic heterocycles. The van der Waals surface area contributed by atoms with Gasteiger partial charge in [-0.1, -0.05) is 0 Å². The Kier molecular flexibility index (Phi) is 3.59. The van der Waals surface area contributed by atoms with Crippen LogP contribution in [0.15, 0.2) is 0 Å². The van der Waals surface area contributed by atoms with E-state index in [-0.39, 0.29) is 19.6 Å². The first-order chi connectivity index (χ1) is 6.73. The van der Waals surface area contributed by atoms with Crippen molar-refractivity contribution in [3.63, 3.8) is 0 Å². The first kappa shape index (κ1) is 12.7. The van der Waals surface area contributed by atoms with E-state index in [9.17, 15) is 25.5 Å². The first-order valence-electron chi connectivity index (χ1n) is 4.31. The maximum atomic E-state index is 12.5. The lowest BCUT2D eigenvalue weighted by molar-refractivity contribution is -0.149. The molecule has 15 heavy (non-hydrogen) atoms. The molecule has 0 aromatic carbocycles. The summed E-state index contributed by atoms with van der Waals surface area (Å²) in [5, 5.41) is -2.95. The van der Waals surface area contributed by atoms with Gasteiger partial charge in [0.2, 0.25) is 0 Å². The third-order valence-corrected chi connectivity index (χ3v) is 3.51. The molecule has 0 saturated carbocycles. The van der Waals surface area contributed by atoms with Crippen LogP contribution in [0.1, 0.15) is 12.8 Å². The standard InChI is InChI=1S/C7H10F4O3S/c8-7(9,10)6(15(11,12)13)5-2-1-3-14-4-5/h5-6H,1-4H2. The van der Waals surface area contributed by atoms with Crippen LogP contribution in [0, 0.1) is 5.92 Å². The van der Waals surface area contributed by atoms with Gasteiger partial charge in [0, 0.05) is 12.5 Å². The van der Waals surface area contributed by atoms with Crippen LogP contribution in [-0.2, 0) is 15.0 Å². The third-order valence-electron chi connectivity index (χ3n) is 2.25. The Labute approximate surface area is 84.6 Å². The Bertz CT molecular complexity index is 305. The van der Waals surface area contributed by atoms with E-state index >= 15 is 0 Å². The normalized spacial score (nSPS) is 26.3. The van der Waals surface area contributed by atoms with Crippen LogP contribution in [0.25, 0.3) is 0 Å². The molecule has 0 spiro atoms. The molecule has 1 fully saturated rings. The highest BCUT2D eigenvalue weighted by Crippen LogP contribution is 2.35. The molecule has 0 aromatic rings. The highest BCUT2D eigenvalue weighted by atomic mass is 32.3. The van der Waals surface area contributed by atoms with E-state index in [1.54, 1.807) is 0 Å². The van der Waals surface area contributed by atoms with E-state index in [4.69, 9.17) is 4.74 Å². The van der Waals surface area contributed by atoms with Crippen molar-refractivity contribution in [3.8, 4) is 0 Å². The van der Waals surface area contributed by atoms with Gasteiger partial charge in [-0.05, 0) is 12.8 Å². The van der Waals surface area contributed by atoms with Crippen LogP contribution in [0.3, 0.4) is 0 Å². The molecule has 90 valence electrons. The molecule has 2 unspecified atom stereocenters. The van der Waals surface area contributed by atoms with E-state index in [1.165, 1.54) is 0 Å². The predicted octanol–water partition coefficient (Wildman–Crippen LogP) is 1.64. The lowest BCUT2D eigenvalue weighted by Gasteiger charge is -2.28. The van der Waals surface area contributed by atoms with E-state index in [0.29, 0.717) is 6.42 Å². The van der Waals surface area contributed by atoms with E-state index < -0.39 is 27.6 Å². The minimum atomic E-state index is -5.63. The minimum absolute atomic E-state index is 0.00727. The van der Waals surface area contributed by atoms with Gasteiger partial charge in [0.1, 0.15) is 0 Å². The topological polar surface area (TPSA) is 43.4 Å². The summed E-state index contributed by atoms with van der Waals surface area (Å²) in [7, 11) is -5.63. The number of ether oxygens (including phenoxy) is 1. The van der Waals surface area contributed by atoms with Crippen LogP contribution in [0.4, 0.5) is 17.1 Å². The molecule has 0 aliphatic carbocycles. The Balaban J connectivity index is 2.91. The average molecular weight is 250 g/mol. The van der Waals surface area contributed by atoms with Crippen LogP contribution in [0.5, 0.6) is 0 Å². The molecule has 0 bridgehead atoms. The number of halogens is 4. The van der Waals surface area contributed by atoms with Gasteiger partial charge in [-0.15, -0.1) is 3.89 Å². The second-order valence-corrected chi connectivity index (χ2v) is 4.87. The Hall–Kier alpha value is -0.370. The zero-order valence-electron chi connectivity index (χ0n) is 7.63. The highest BCUT2D eigenvalue weighted by molar-refractivity contribution is 7.87. The molecule has 0 N–H and O–H groups in total. The SMILES string of the molecule is O=S(=O)(F)C(C1CCCOC1)C(F)(F)F. The molecule has 1 rings (SSSR count). The fraction of sp³-hybridized carbons (Fsp3) is 1.00. The molecule has 1 aliphatic rings. The summed E-state index contributed by atoms with van der Waals surface area (Å²) in [4.78, 5) is 0. The van der Waals surface area contributed by atoms with Crippen molar-refractivity contribution in [2.75, 3.05) is 13.2 Å². The number of rotatable bonds is 2. The first-order valence-corrected chi connectivity index (χ1v) is 5.75. The molecule has 1 aliphatic heterocycles. The van der Waals surface area contributed by atoms with Crippen molar-refractivity contribution in [3.05, 3.63) is 0 Å².